The van der Waals surface area contributed by atoms with E-state index >= 15 is 0 Å². The molecule has 4 heteroatoms. The van der Waals surface area contributed by atoms with Crippen LogP contribution in [0.25, 0.3) is 110 Å². The average molecular weight is 768 g/mol. The Balaban J connectivity index is 1.06. The van der Waals surface area contributed by atoms with Gasteiger partial charge in [-0.15, -0.1) is 0 Å². The zero-order chi connectivity index (χ0) is 39.3. The number of para-hydroxylation sites is 3. The molecule has 0 spiro atoms. The van der Waals surface area contributed by atoms with Crippen LogP contribution in [0.3, 0.4) is 0 Å². The van der Waals surface area contributed by atoms with Gasteiger partial charge in [-0.1, -0.05) is 146 Å². The minimum absolute atomic E-state index is 0.836. The fourth-order valence-electron chi connectivity index (χ4n) is 9.57. The lowest BCUT2D eigenvalue weighted by Gasteiger charge is -2.28. The van der Waals surface area contributed by atoms with Crippen LogP contribution in [0.5, 0.6) is 0 Å². The third-order valence-corrected chi connectivity index (χ3v) is 12.3. The van der Waals surface area contributed by atoms with E-state index in [1.54, 1.807) is 0 Å². The number of hydrogen-bond donors (Lipinski definition) is 0. The molecule has 0 aliphatic carbocycles. The normalized spacial score (nSPS) is 12.0. The molecule has 0 bridgehead atoms. The zero-order valence-electron chi connectivity index (χ0n) is 32.2. The Morgan fingerprint density at radius 1 is 0.283 bits per heavy atom. The highest BCUT2D eigenvalue weighted by Gasteiger charge is 2.25. The van der Waals surface area contributed by atoms with Crippen molar-refractivity contribution in [2.45, 2.75) is 0 Å². The van der Waals surface area contributed by atoms with Gasteiger partial charge in [0.1, 0.15) is 33.5 Å². The molecule has 0 fully saturated rings. The maximum Gasteiger partial charge on any atom is 0.143 e. The van der Waals surface area contributed by atoms with Crippen LogP contribution in [0.2, 0.25) is 0 Å². The van der Waals surface area contributed by atoms with E-state index < -0.39 is 0 Å². The molecule has 0 saturated carbocycles. The molecule has 60 heavy (non-hydrogen) atoms. The highest BCUT2D eigenvalue weighted by molar-refractivity contribution is 6.21. The third kappa shape index (κ3) is 4.79. The molecule has 4 nitrogen and oxygen atoms in total. The second-order valence-corrected chi connectivity index (χ2v) is 15.5. The van der Waals surface area contributed by atoms with Gasteiger partial charge in [-0.25, -0.2) is 0 Å². The lowest BCUT2D eigenvalue weighted by molar-refractivity contribution is 0.669. The Hall–Kier alpha value is -8.08. The van der Waals surface area contributed by atoms with E-state index in [1.807, 2.05) is 12.1 Å². The highest BCUT2D eigenvalue weighted by Crippen LogP contribution is 2.49. The second kappa shape index (κ2) is 12.7. The van der Waals surface area contributed by atoms with Crippen LogP contribution in [-0.2, 0) is 0 Å². The molecule has 10 aromatic carbocycles. The number of anilines is 3. The topological polar surface area (TPSA) is 42.7 Å². The van der Waals surface area contributed by atoms with Crippen molar-refractivity contribution in [3.05, 3.63) is 200 Å². The molecule has 3 aromatic heterocycles. The monoisotopic (exact) mass is 767 g/mol. The quantitative estimate of drug-likeness (QED) is 0.175. The summed E-state index contributed by atoms with van der Waals surface area (Å²) in [5.74, 6) is 0. The molecule has 0 unspecified atom stereocenters. The number of fused-ring (bicyclic) bond motifs is 13. The molecule has 3 heterocycles. The fraction of sp³-hybridized carbons (Fsp3) is 0. The van der Waals surface area contributed by atoms with Gasteiger partial charge in [-0.3, -0.25) is 0 Å². The lowest BCUT2D eigenvalue weighted by Crippen LogP contribution is -2.11. The maximum atomic E-state index is 6.94. The van der Waals surface area contributed by atoms with Crippen molar-refractivity contribution in [1.82, 2.24) is 0 Å². The second-order valence-electron chi connectivity index (χ2n) is 15.5. The zero-order valence-corrected chi connectivity index (χ0v) is 32.2. The summed E-state index contributed by atoms with van der Waals surface area (Å²) >= 11 is 0. The van der Waals surface area contributed by atoms with Crippen LogP contribution in [-0.4, -0.2) is 0 Å². The first kappa shape index (κ1) is 32.9. The van der Waals surface area contributed by atoms with Crippen LogP contribution in [0.15, 0.2) is 213 Å². The van der Waals surface area contributed by atoms with Gasteiger partial charge in [0.15, 0.2) is 0 Å². The van der Waals surface area contributed by atoms with Crippen molar-refractivity contribution in [3.8, 4) is 22.3 Å². The first-order chi connectivity index (χ1) is 29.8. The fourth-order valence-corrected chi connectivity index (χ4v) is 9.57. The summed E-state index contributed by atoms with van der Waals surface area (Å²) < 4.78 is 20.0. The molecule has 13 rings (SSSR count). The molecular weight excluding hydrogens is 735 g/mol. The molecule has 0 atom stereocenters. The summed E-state index contributed by atoms with van der Waals surface area (Å²) in [5.41, 5.74) is 12.7. The third-order valence-electron chi connectivity index (χ3n) is 12.3. The first-order valence-corrected chi connectivity index (χ1v) is 20.3. The minimum Gasteiger partial charge on any atom is -0.456 e. The molecule has 0 N–H and O–H groups in total. The van der Waals surface area contributed by atoms with Crippen molar-refractivity contribution >= 4 is 104 Å². The number of nitrogens with zero attached hydrogens (tertiary/aromatic N) is 1. The minimum atomic E-state index is 0.836. The number of benzene rings is 10. The summed E-state index contributed by atoms with van der Waals surface area (Å²) in [7, 11) is 0. The summed E-state index contributed by atoms with van der Waals surface area (Å²) in [6.07, 6.45) is 0. The van der Waals surface area contributed by atoms with E-state index in [4.69, 9.17) is 13.3 Å². The highest BCUT2D eigenvalue weighted by atomic mass is 16.3. The Morgan fingerprint density at radius 2 is 0.833 bits per heavy atom. The molecule has 0 aliphatic heterocycles. The van der Waals surface area contributed by atoms with Crippen LogP contribution in [0.4, 0.5) is 17.1 Å². The van der Waals surface area contributed by atoms with Crippen molar-refractivity contribution < 1.29 is 13.3 Å². The SMILES string of the molecule is c1ccc(N(c2ccc(-c3cccc4oc5ccccc5c34)cc2)c2cccc3oc4c5ccccc5ccc4c23)c(-c2cccc3c2oc2c4ccccc4ccc32)c1. The summed E-state index contributed by atoms with van der Waals surface area (Å²) in [4.78, 5) is 2.39. The van der Waals surface area contributed by atoms with Crippen LogP contribution < -0.4 is 4.90 Å². The average Bonchev–Trinajstić information content (AvgIpc) is 4.02. The molecule has 13 aromatic rings. The van der Waals surface area contributed by atoms with E-state index in [0.29, 0.717) is 0 Å². The molecule has 0 aliphatic rings. The predicted octanol–water partition coefficient (Wildman–Crippen LogP) is 16.5. The number of hydrogen-bond acceptors (Lipinski definition) is 4. The van der Waals surface area contributed by atoms with Gasteiger partial charge in [0.2, 0.25) is 0 Å². The standard InChI is InChI=1S/C56H33NO3/c1-3-14-39-34(12-1)28-32-44-43-20-9-19-42(56(43)60-54(39)44)41-16-5-7-21-47(41)57(48-22-11-25-51-53(48)46-33-29-35-13-2-4-15-40(35)55(46)59-51)37-30-26-36(27-31-37)38-18-10-24-50-52(38)45-17-6-8-23-49(45)58-50/h1-33H. The molecular formula is C56H33NO3. The Kier molecular flexibility index (Phi) is 6.98. The van der Waals surface area contributed by atoms with Crippen molar-refractivity contribution in [2.24, 2.45) is 0 Å². The Labute approximate surface area is 343 Å². The van der Waals surface area contributed by atoms with E-state index in [1.165, 1.54) is 0 Å². The number of furan rings is 3. The molecule has 280 valence electrons. The summed E-state index contributed by atoms with van der Waals surface area (Å²) in [6.45, 7) is 0. The van der Waals surface area contributed by atoms with E-state index in [9.17, 15) is 0 Å². The summed E-state index contributed by atoms with van der Waals surface area (Å²) in [6, 6.07) is 70.7. The molecule has 0 amide bonds. The smallest absolute Gasteiger partial charge is 0.143 e. The summed E-state index contributed by atoms with van der Waals surface area (Å²) in [5, 5.41) is 11.1. The van der Waals surface area contributed by atoms with Gasteiger partial charge in [0.25, 0.3) is 0 Å². The van der Waals surface area contributed by atoms with Crippen LogP contribution >= 0.6 is 0 Å². The lowest BCUT2D eigenvalue weighted by atomic mass is 9.97. The first-order valence-electron chi connectivity index (χ1n) is 20.3. The number of rotatable bonds is 5. The van der Waals surface area contributed by atoms with Crippen molar-refractivity contribution in [2.75, 3.05) is 4.90 Å². The van der Waals surface area contributed by atoms with Crippen molar-refractivity contribution in [1.29, 1.82) is 0 Å². The molecule has 0 saturated heterocycles. The van der Waals surface area contributed by atoms with E-state index in [0.717, 1.165) is 127 Å². The van der Waals surface area contributed by atoms with Crippen LogP contribution in [0.1, 0.15) is 0 Å². The van der Waals surface area contributed by atoms with Gasteiger partial charge in [-0.05, 0) is 76.5 Å². The van der Waals surface area contributed by atoms with E-state index in [2.05, 4.69) is 193 Å². The van der Waals surface area contributed by atoms with Gasteiger partial charge in [-0.2, -0.15) is 0 Å². The van der Waals surface area contributed by atoms with Crippen molar-refractivity contribution in [3.63, 3.8) is 0 Å². The Bertz CT molecular complexity index is 3850. The van der Waals surface area contributed by atoms with E-state index in [-0.39, 0.29) is 0 Å². The van der Waals surface area contributed by atoms with Gasteiger partial charge >= 0.3 is 0 Å². The largest absolute Gasteiger partial charge is 0.456 e. The van der Waals surface area contributed by atoms with Crippen LogP contribution in [0, 0.1) is 0 Å². The molecule has 0 radical (unpaired) electrons. The van der Waals surface area contributed by atoms with Gasteiger partial charge in [0, 0.05) is 54.5 Å². The van der Waals surface area contributed by atoms with Gasteiger partial charge in [0.05, 0.1) is 16.8 Å². The maximum absolute atomic E-state index is 6.94. The van der Waals surface area contributed by atoms with Gasteiger partial charge < -0.3 is 18.2 Å². The Morgan fingerprint density at radius 3 is 1.65 bits per heavy atom. The predicted molar refractivity (Wildman–Crippen MR) is 249 cm³/mol.